The minimum Gasteiger partial charge on any atom is -0.505 e. The van der Waals surface area contributed by atoms with E-state index in [1.165, 1.54) is 12.1 Å². The molecule has 0 saturated heterocycles. The maximum Gasteiger partial charge on any atom is 0.227 e. The number of phenolic OH excluding ortho intramolecular Hbond substituents is 1. The highest BCUT2D eigenvalue weighted by Gasteiger charge is 2.22. The van der Waals surface area contributed by atoms with Gasteiger partial charge in [-0.1, -0.05) is 19.1 Å². The summed E-state index contributed by atoms with van der Waals surface area (Å²) in [4.78, 5) is 18.3. The summed E-state index contributed by atoms with van der Waals surface area (Å²) in [5.74, 6) is -1.42. The van der Waals surface area contributed by atoms with Crippen LogP contribution < -0.4 is 0 Å². The number of aromatic hydroxyl groups is 1. The third-order valence-electron chi connectivity index (χ3n) is 3.89. The van der Waals surface area contributed by atoms with Gasteiger partial charge in [0.15, 0.2) is 11.6 Å². The second-order valence-corrected chi connectivity index (χ2v) is 5.59. The molecule has 0 radical (unpaired) electrons. The molecule has 1 atom stereocenters. The van der Waals surface area contributed by atoms with Crippen LogP contribution in [0.15, 0.2) is 42.7 Å². The number of carbonyl (C=O) groups is 1. The van der Waals surface area contributed by atoms with Gasteiger partial charge in [-0.25, -0.2) is 4.39 Å². The smallest absolute Gasteiger partial charge is 0.227 e. The minimum atomic E-state index is -0.756. The molecule has 6 heteroatoms. The fourth-order valence-corrected chi connectivity index (χ4v) is 2.49. The molecule has 5 nitrogen and oxygen atoms in total. The molecule has 0 fully saturated rings. The molecule has 2 N–H and O–H groups in total. The number of benzene rings is 1. The van der Waals surface area contributed by atoms with E-state index in [9.17, 15) is 19.4 Å². The Balaban J connectivity index is 2.18. The van der Waals surface area contributed by atoms with Crippen molar-refractivity contribution in [2.45, 2.75) is 32.4 Å². The highest BCUT2D eigenvalue weighted by Crippen LogP contribution is 2.18. The predicted octanol–water partition coefficient (Wildman–Crippen LogP) is 2.27. The normalized spacial score (nSPS) is 12.0. The zero-order chi connectivity index (χ0) is 17.5. The lowest BCUT2D eigenvalue weighted by atomic mass is 10.1. The predicted molar refractivity (Wildman–Crippen MR) is 87.7 cm³/mol. The molecule has 0 aliphatic carbocycles. The Labute approximate surface area is 140 Å². The van der Waals surface area contributed by atoms with E-state index >= 15 is 0 Å². The van der Waals surface area contributed by atoms with Crippen molar-refractivity contribution in [1.82, 2.24) is 9.88 Å². The lowest BCUT2D eigenvalue weighted by molar-refractivity contribution is -0.134. The first-order valence-corrected chi connectivity index (χ1v) is 7.81. The Hall–Kier alpha value is -2.47. The second kappa shape index (κ2) is 8.40. The molecule has 1 amide bonds. The highest BCUT2D eigenvalue weighted by atomic mass is 19.1. The molecule has 1 aromatic carbocycles. The van der Waals surface area contributed by atoms with E-state index in [0.717, 1.165) is 11.6 Å². The van der Waals surface area contributed by atoms with Crippen LogP contribution in [0.25, 0.3) is 0 Å². The number of phenols is 1. The monoisotopic (exact) mass is 332 g/mol. The first-order chi connectivity index (χ1) is 11.5. The second-order valence-electron chi connectivity index (χ2n) is 5.59. The average molecular weight is 332 g/mol. The maximum absolute atomic E-state index is 13.4. The fourth-order valence-electron chi connectivity index (χ4n) is 2.49. The third kappa shape index (κ3) is 4.52. The largest absolute Gasteiger partial charge is 0.505 e. The summed E-state index contributed by atoms with van der Waals surface area (Å²) in [7, 11) is 0. The lowest BCUT2D eigenvalue weighted by Gasteiger charge is -2.30. The number of carbonyl (C=O) groups excluding carboxylic acids is 1. The Morgan fingerprint density at radius 3 is 2.71 bits per heavy atom. The molecule has 0 bridgehead atoms. The van der Waals surface area contributed by atoms with Crippen molar-refractivity contribution in [3.63, 3.8) is 0 Å². The summed E-state index contributed by atoms with van der Waals surface area (Å²) in [6, 6.07) is 7.21. The molecule has 0 saturated carbocycles. The Morgan fingerprint density at radius 2 is 2.12 bits per heavy atom. The number of rotatable bonds is 7. The number of aliphatic hydroxyl groups is 1. The molecule has 1 aromatic heterocycles. The van der Waals surface area contributed by atoms with Crippen LogP contribution in [0.3, 0.4) is 0 Å². The molecule has 0 spiro atoms. The van der Waals surface area contributed by atoms with Crippen molar-refractivity contribution in [3.05, 3.63) is 59.7 Å². The lowest BCUT2D eigenvalue weighted by Crippen LogP contribution is -2.42. The minimum absolute atomic E-state index is 0.00599. The van der Waals surface area contributed by atoms with Crippen molar-refractivity contribution in [2.75, 3.05) is 6.61 Å². The quantitative estimate of drug-likeness (QED) is 0.816. The van der Waals surface area contributed by atoms with E-state index in [-0.39, 0.29) is 25.0 Å². The van der Waals surface area contributed by atoms with Gasteiger partial charge in [-0.3, -0.25) is 9.78 Å². The summed E-state index contributed by atoms with van der Waals surface area (Å²) < 4.78 is 13.4. The van der Waals surface area contributed by atoms with Gasteiger partial charge >= 0.3 is 0 Å². The van der Waals surface area contributed by atoms with Crippen molar-refractivity contribution < 1.29 is 19.4 Å². The highest BCUT2D eigenvalue weighted by molar-refractivity contribution is 5.79. The summed E-state index contributed by atoms with van der Waals surface area (Å²) in [6.45, 7) is 2.07. The van der Waals surface area contributed by atoms with Gasteiger partial charge in [0.05, 0.1) is 19.1 Å². The molecule has 2 rings (SSSR count). The first kappa shape index (κ1) is 17.9. The van der Waals surface area contributed by atoms with Crippen molar-refractivity contribution in [3.8, 4) is 5.75 Å². The molecule has 24 heavy (non-hydrogen) atoms. The van der Waals surface area contributed by atoms with Gasteiger partial charge in [-0.05, 0) is 35.7 Å². The van der Waals surface area contributed by atoms with Gasteiger partial charge in [0, 0.05) is 18.9 Å². The number of aromatic nitrogens is 1. The summed E-state index contributed by atoms with van der Waals surface area (Å²) in [5, 5.41) is 18.8. The van der Waals surface area contributed by atoms with E-state index in [2.05, 4.69) is 4.98 Å². The van der Waals surface area contributed by atoms with Crippen LogP contribution in [0.2, 0.25) is 0 Å². The molecule has 1 heterocycles. The molecular formula is C18H21FN2O3. The summed E-state index contributed by atoms with van der Waals surface area (Å²) >= 11 is 0. The Kier molecular flexibility index (Phi) is 6.26. The van der Waals surface area contributed by atoms with E-state index < -0.39 is 11.6 Å². The number of amides is 1. The van der Waals surface area contributed by atoms with Crippen LogP contribution in [0.1, 0.15) is 24.5 Å². The molecule has 2 aromatic rings. The standard InChI is InChI=1S/C18H21FN2O3/c1-2-15(12-22)21(11-14-4-3-7-20-10-14)18(24)9-13-5-6-17(23)16(19)8-13/h3-8,10,15,22-23H,2,9,11-12H2,1H3. The average Bonchev–Trinajstić information content (AvgIpc) is 2.59. The van der Waals surface area contributed by atoms with Gasteiger partial charge in [-0.2, -0.15) is 0 Å². The fraction of sp³-hybridized carbons (Fsp3) is 0.333. The van der Waals surface area contributed by atoms with Crippen molar-refractivity contribution in [1.29, 1.82) is 0 Å². The molecule has 0 aliphatic rings. The van der Waals surface area contributed by atoms with Gasteiger partial charge in [0.25, 0.3) is 0 Å². The van der Waals surface area contributed by atoms with E-state index in [4.69, 9.17) is 0 Å². The van der Waals surface area contributed by atoms with E-state index in [0.29, 0.717) is 18.5 Å². The summed E-state index contributed by atoms with van der Waals surface area (Å²) in [6.07, 6.45) is 3.92. The Bertz CT molecular complexity index is 675. The molecule has 0 aliphatic heterocycles. The van der Waals surface area contributed by atoms with Crippen LogP contribution in [0.4, 0.5) is 4.39 Å². The topological polar surface area (TPSA) is 73.7 Å². The first-order valence-electron chi connectivity index (χ1n) is 7.81. The Morgan fingerprint density at radius 1 is 1.33 bits per heavy atom. The van der Waals surface area contributed by atoms with Crippen molar-refractivity contribution in [2.24, 2.45) is 0 Å². The molecular weight excluding hydrogens is 311 g/mol. The van der Waals surface area contributed by atoms with Gasteiger partial charge in [0.2, 0.25) is 5.91 Å². The zero-order valence-electron chi connectivity index (χ0n) is 13.5. The zero-order valence-corrected chi connectivity index (χ0v) is 13.5. The van der Waals surface area contributed by atoms with E-state index in [1.54, 1.807) is 23.4 Å². The maximum atomic E-state index is 13.4. The molecule has 1 unspecified atom stereocenters. The number of hydrogen-bond acceptors (Lipinski definition) is 4. The SMILES string of the molecule is CCC(CO)N(Cc1cccnc1)C(=O)Cc1ccc(O)c(F)c1. The number of hydrogen-bond donors (Lipinski definition) is 2. The van der Waals surface area contributed by atoms with Gasteiger partial charge < -0.3 is 15.1 Å². The van der Waals surface area contributed by atoms with Crippen LogP contribution in [-0.4, -0.2) is 38.7 Å². The van der Waals surface area contributed by atoms with Crippen LogP contribution in [0, 0.1) is 5.82 Å². The van der Waals surface area contributed by atoms with Crippen LogP contribution >= 0.6 is 0 Å². The van der Waals surface area contributed by atoms with Gasteiger partial charge in [-0.15, -0.1) is 0 Å². The summed E-state index contributed by atoms with van der Waals surface area (Å²) in [5.41, 5.74) is 1.33. The van der Waals surface area contributed by atoms with Crippen LogP contribution in [-0.2, 0) is 17.8 Å². The number of halogens is 1. The van der Waals surface area contributed by atoms with Gasteiger partial charge in [0.1, 0.15) is 0 Å². The number of aliphatic hydroxyl groups excluding tert-OH is 1. The van der Waals surface area contributed by atoms with E-state index in [1.807, 2.05) is 13.0 Å². The number of nitrogens with zero attached hydrogens (tertiary/aromatic N) is 2. The van der Waals surface area contributed by atoms with Crippen LogP contribution in [0.5, 0.6) is 5.75 Å². The van der Waals surface area contributed by atoms with Crippen molar-refractivity contribution >= 4 is 5.91 Å². The number of pyridine rings is 1. The third-order valence-corrected chi connectivity index (χ3v) is 3.89. The molecule has 128 valence electrons.